The van der Waals surface area contributed by atoms with E-state index in [1.807, 2.05) is 65.8 Å². The van der Waals surface area contributed by atoms with Crippen molar-refractivity contribution >= 4 is 17.8 Å². The molecule has 38 heavy (non-hydrogen) atoms. The molecular formula is C30H44N2O6. The maximum absolute atomic E-state index is 12.7. The second-order valence-electron chi connectivity index (χ2n) is 10.4. The summed E-state index contributed by atoms with van der Waals surface area (Å²) in [6.07, 6.45) is 18.0. The molecule has 0 aromatic rings. The molecule has 3 N–H and O–H groups in total. The molecule has 2 amide bonds. The molecule has 1 aliphatic heterocycles. The van der Waals surface area contributed by atoms with E-state index in [9.17, 15) is 19.5 Å². The number of carbonyl (C=O) groups excluding carboxylic acids is 3. The van der Waals surface area contributed by atoms with Crippen LogP contribution in [-0.4, -0.2) is 48.2 Å². The van der Waals surface area contributed by atoms with E-state index in [0.717, 1.165) is 5.57 Å². The van der Waals surface area contributed by atoms with Crippen molar-refractivity contribution in [1.82, 2.24) is 10.6 Å². The lowest BCUT2D eigenvalue weighted by atomic mass is 9.86. The number of rotatable bonds is 13. The number of ether oxygens (including phenoxy) is 2. The van der Waals surface area contributed by atoms with E-state index in [4.69, 9.17) is 9.47 Å². The number of allylic oxidation sites excluding steroid dienone is 5. The van der Waals surface area contributed by atoms with Gasteiger partial charge in [0.1, 0.15) is 12.1 Å². The Bertz CT molecular complexity index is 981. The second-order valence-corrected chi connectivity index (χ2v) is 10.4. The fourth-order valence-corrected chi connectivity index (χ4v) is 3.67. The third-order valence-corrected chi connectivity index (χ3v) is 5.86. The first kappa shape index (κ1) is 32.6. The van der Waals surface area contributed by atoms with Crippen LogP contribution < -0.4 is 10.6 Å². The molecule has 0 aliphatic carbocycles. The zero-order chi connectivity index (χ0) is 28.7. The molecule has 0 radical (unpaired) electrons. The molecule has 0 saturated carbocycles. The third kappa shape index (κ3) is 12.2. The predicted molar refractivity (Wildman–Crippen MR) is 150 cm³/mol. The van der Waals surface area contributed by atoms with Crippen molar-refractivity contribution in [3.05, 3.63) is 72.2 Å². The second kappa shape index (κ2) is 16.5. The Hall–Kier alpha value is -3.39. The quantitative estimate of drug-likeness (QED) is 0.141. The molecule has 0 spiro atoms. The van der Waals surface area contributed by atoms with Crippen molar-refractivity contribution in [2.24, 2.45) is 11.3 Å². The highest BCUT2D eigenvalue weighted by molar-refractivity contribution is 5.93. The van der Waals surface area contributed by atoms with E-state index in [2.05, 4.69) is 10.6 Å². The van der Waals surface area contributed by atoms with Gasteiger partial charge in [-0.2, -0.15) is 0 Å². The molecule has 0 fully saturated rings. The monoisotopic (exact) mass is 528 g/mol. The average Bonchev–Trinajstić information content (AvgIpc) is 2.85. The predicted octanol–water partition coefficient (Wildman–Crippen LogP) is 4.41. The zero-order valence-electron chi connectivity index (χ0n) is 23.7. The van der Waals surface area contributed by atoms with Crippen LogP contribution in [0.15, 0.2) is 72.2 Å². The summed E-state index contributed by atoms with van der Waals surface area (Å²) in [4.78, 5) is 37.1. The van der Waals surface area contributed by atoms with E-state index >= 15 is 0 Å². The van der Waals surface area contributed by atoms with Gasteiger partial charge < -0.3 is 25.2 Å². The first-order valence-electron chi connectivity index (χ1n) is 12.9. The lowest BCUT2D eigenvalue weighted by Crippen LogP contribution is -2.52. The first-order valence-corrected chi connectivity index (χ1v) is 12.9. The minimum absolute atomic E-state index is 0.00193. The molecule has 0 aromatic carbocycles. The fraction of sp³-hybridized carbons (Fsp3) is 0.500. The summed E-state index contributed by atoms with van der Waals surface area (Å²) in [6.45, 7) is 11.4. The summed E-state index contributed by atoms with van der Waals surface area (Å²) >= 11 is 0. The SMILES string of the molecule is C/C=C\C[C@H](O)C/C=C\NC(=O)[C@@H](NC(=O)\C=C/C=C\C(C)=C\[C@H](C)[C@@H]1CC=C(OC)C(=O)O1)C(C)(C)C. The normalized spacial score (nSPS) is 19.5. The van der Waals surface area contributed by atoms with Gasteiger partial charge in [-0.05, 0) is 44.4 Å². The molecule has 0 saturated heterocycles. The van der Waals surface area contributed by atoms with Gasteiger partial charge >= 0.3 is 5.97 Å². The highest BCUT2D eigenvalue weighted by atomic mass is 16.6. The summed E-state index contributed by atoms with van der Waals surface area (Å²) in [7, 11) is 1.44. The molecule has 0 aromatic heterocycles. The molecule has 1 rings (SSSR count). The van der Waals surface area contributed by atoms with Crippen LogP contribution in [0.2, 0.25) is 0 Å². The number of nitrogens with one attached hydrogen (secondary N) is 2. The highest BCUT2D eigenvalue weighted by Crippen LogP contribution is 2.23. The Morgan fingerprint density at radius 1 is 1.21 bits per heavy atom. The molecule has 1 heterocycles. The van der Waals surface area contributed by atoms with E-state index in [1.54, 1.807) is 24.3 Å². The summed E-state index contributed by atoms with van der Waals surface area (Å²) in [5, 5.41) is 15.3. The van der Waals surface area contributed by atoms with Crippen LogP contribution in [0.1, 0.15) is 60.8 Å². The van der Waals surface area contributed by atoms with Crippen LogP contribution in [0.5, 0.6) is 0 Å². The first-order chi connectivity index (χ1) is 17.9. The summed E-state index contributed by atoms with van der Waals surface area (Å²) in [6, 6.07) is -0.755. The van der Waals surface area contributed by atoms with E-state index in [-0.39, 0.29) is 29.6 Å². The largest absolute Gasteiger partial charge is 0.490 e. The van der Waals surface area contributed by atoms with Crippen LogP contribution in [0, 0.1) is 11.3 Å². The number of methoxy groups -OCH3 is 1. The number of hydrogen-bond acceptors (Lipinski definition) is 6. The summed E-state index contributed by atoms with van der Waals surface area (Å²) in [5.74, 6) is -0.945. The number of cyclic esters (lactones) is 1. The van der Waals surface area contributed by atoms with Gasteiger partial charge in [-0.1, -0.05) is 75.8 Å². The lowest BCUT2D eigenvalue weighted by molar-refractivity contribution is -0.151. The Morgan fingerprint density at radius 3 is 2.47 bits per heavy atom. The number of hydrogen-bond donors (Lipinski definition) is 3. The number of amides is 2. The lowest BCUT2D eigenvalue weighted by Gasteiger charge is -2.29. The van der Waals surface area contributed by atoms with Crippen LogP contribution in [-0.2, 0) is 23.9 Å². The molecule has 210 valence electrons. The number of esters is 1. The molecule has 4 atom stereocenters. The highest BCUT2D eigenvalue weighted by Gasteiger charge is 2.32. The maximum Gasteiger partial charge on any atom is 0.373 e. The molecule has 8 heteroatoms. The van der Waals surface area contributed by atoms with E-state index in [1.165, 1.54) is 19.4 Å². The van der Waals surface area contributed by atoms with Crippen molar-refractivity contribution in [2.75, 3.05) is 7.11 Å². The Balaban J connectivity index is 2.64. The van der Waals surface area contributed by atoms with Crippen LogP contribution >= 0.6 is 0 Å². The molecule has 1 aliphatic rings. The Kier molecular flexibility index (Phi) is 14.1. The van der Waals surface area contributed by atoms with Gasteiger partial charge in [0.2, 0.25) is 11.8 Å². The molecular weight excluding hydrogens is 484 g/mol. The zero-order valence-corrected chi connectivity index (χ0v) is 23.7. The Labute approximate surface area is 227 Å². The van der Waals surface area contributed by atoms with Crippen molar-refractivity contribution in [1.29, 1.82) is 0 Å². The molecule has 0 bridgehead atoms. The number of carbonyl (C=O) groups is 3. The van der Waals surface area contributed by atoms with Gasteiger partial charge in [0, 0.05) is 18.4 Å². The van der Waals surface area contributed by atoms with Crippen molar-refractivity contribution < 1.29 is 29.0 Å². The average molecular weight is 529 g/mol. The van der Waals surface area contributed by atoms with Gasteiger partial charge in [-0.3, -0.25) is 9.59 Å². The topological polar surface area (TPSA) is 114 Å². The van der Waals surface area contributed by atoms with E-state index < -0.39 is 23.5 Å². The maximum atomic E-state index is 12.7. The smallest absolute Gasteiger partial charge is 0.373 e. The Morgan fingerprint density at radius 2 is 1.87 bits per heavy atom. The molecule has 0 unspecified atom stereocenters. The number of aliphatic hydroxyl groups is 1. The summed E-state index contributed by atoms with van der Waals surface area (Å²) in [5.41, 5.74) is 0.439. The third-order valence-electron chi connectivity index (χ3n) is 5.86. The summed E-state index contributed by atoms with van der Waals surface area (Å²) < 4.78 is 10.4. The fourth-order valence-electron chi connectivity index (χ4n) is 3.67. The minimum atomic E-state index is -0.755. The standard InChI is InChI=1S/C30H44N2O6/c1-8-9-14-23(33)15-12-19-31-28(35)27(30(4,5)6)32-26(34)16-11-10-13-21(2)20-22(3)24-17-18-25(37-7)29(36)38-24/h8-13,16,18-20,22-24,27,33H,14-15,17H2,1-7H3,(H,31,35)(H,32,34)/b9-8-,13-10-,16-11-,19-12-,21-20+/t22-,23-,24-,27+/m0/s1. The van der Waals surface area contributed by atoms with Gasteiger partial charge in [0.05, 0.1) is 13.2 Å². The van der Waals surface area contributed by atoms with Crippen molar-refractivity contribution in [3.8, 4) is 0 Å². The van der Waals surface area contributed by atoms with Gasteiger partial charge in [-0.15, -0.1) is 0 Å². The van der Waals surface area contributed by atoms with Gasteiger partial charge in [0.15, 0.2) is 5.76 Å². The van der Waals surface area contributed by atoms with Gasteiger partial charge in [-0.25, -0.2) is 4.79 Å². The number of aliphatic hydroxyl groups excluding tert-OH is 1. The molecule has 8 nitrogen and oxygen atoms in total. The van der Waals surface area contributed by atoms with E-state index in [0.29, 0.717) is 19.3 Å². The van der Waals surface area contributed by atoms with Crippen molar-refractivity contribution in [2.45, 2.75) is 79.1 Å². The minimum Gasteiger partial charge on any atom is -0.490 e. The van der Waals surface area contributed by atoms with Crippen LogP contribution in [0.25, 0.3) is 0 Å². The van der Waals surface area contributed by atoms with Crippen LogP contribution in [0.3, 0.4) is 0 Å². The van der Waals surface area contributed by atoms with Gasteiger partial charge in [0.25, 0.3) is 0 Å². The van der Waals surface area contributed by atoms with Crippen molar-refractivity contribution in [3.63, 3.8) is 0 Å². The van der Waals surface area contributed by atoms with Crippen LogP contribution in [0.4, 0.5) is 0 Å².